The van der Waals surface area contributed by atoms with Crippen molar-refractivity contribution in [1.29, 1.82) is 0 Å². The van der Waals surface area contributed by atoms with Gasteiger partial charge in [0.25, 0.3) is 7.82 Å². The van der Waals surface area contributed by atoms with Crippen LogP contribution in [-0.2, 0) is 18.4 Å². The maximum atomic E-state index is 13.0. The molecule has 0 aromatic heterocycles. The van der Waals surface area contributed by atoms with E-state index in [1.807, 2.05) is 27.2 Å². The number of hydrogen-bond donors (Lipinski definition) is 2. The molecule has 8 nitrogen and oxygen atoms in total. The number of amides is 1. The first-order valence-electron chi connectivity index (χ1n) is 35.7. The molecular formula is C76H137N2O6P. The van der Waals surface area contributed by atoms with E-state index < -0.39 is 26.6 Å². The average Bonchev–Trinajstić information content (AvgIpc) is 3.49. The van der Waals surface area contributed by atoms with Crippen molar-refractivity contribution in [2.75, 3.05) is 40.9 Å². The van der Waals surface area contributed by atoms with E-state index in [1.165, 1.54) is 212 Å². The lowest BCUT2D eigenvalue weighted by molar-refractivity contribution is -0.870. The number of phosphoric ester groups is 1. The van der Waals surface area contributed by atoms with Gasteiger partial charge in [0.2, 0.25) is 5.91 Å². The smallest absolute Gasteiger partial charge is 0.268 e. The molecular weight excluding hydrogens is 1070 g/mol. The Hall–Kier alpha value is -2.84. The summed E-state index contributed by atoms with van der Waals surface area (Å²) in [6, 6.07) is -0.920. The lowest BCUT2D eigenvalue weighted by Crippen LogP contribution is -2.45. The van der Waals surface area contributed by atoms with Gasteiger partial charge < -0.3 is 28.8 Å². The van der Waals surface area contributed by atoms with Crippen LogP contribution in [0.4, 0.5) is 0 Å². The fourth-order valence-corrected chi connectivity index (χ4v) is 10.9. The number of nitrogens with zero attached hydrogens (tertiary/aromatic N) is 1. The standard InChI is InChI=1S/C76H137N2O6P/c1-6-8-10-12-14-16-18-20-22-24-26-28-30-32-34-36-38-40-41-43-45-47-49-51-53-55-57-59-61-63-65-67-69-75(79)74(73-84-85(81,82)83-72-71-78(3,4)5)77-76(80)70-68-66-64-62-60-58-56-54-52-50-48-46-44-42-39-37-35-33-31-29-27-25-23-21-19-17-15-13-11-9-7-2/h9,11,15,17,21,23,27,29,33,35,39,42,51,53,59,61,67,69,74-75,79H,6-8,10,12-14,16,18-20,22,24-26,28,30-32,34,36-38,40-41,43-50,52,54-58,60,62-66,68,70-73H2,1-5H3,(H-,77,80,81,82)/b11-9-,17-15-,23-21-,29-27-,35-33-,42-39-,53-51+,61-59+,69-67+. The number of quaternary nitrogens is 1. The molecule has 0 rings (SSSR count). The van der Waals surface area contributed by atoms with Gasteiger partial charge in [0.05, 0.1) is 39.9 Å². The molecule has 0 fully saturated rings. The van der Waals surface area contributed by atoms with Gasteiger partial charge in [-0.05, 0) is 96.3 Å². The number of likely N-dealkylation sites (N-methyl/N-ethyl adjacent to an activating group) is 1. The van der Waals surface area contributed by atoms with Crippen molar-refractivity contribution >= 4 is 13.7 Å². The van der Waals surface area contributed by atoms with Crippen molar-refractivity contribution in [3.05, 3.63) is 109 Å². The van der Waals surface area contributed by atoms with E-state index in [-0.39, 0.29) is 12.5 Å². The molecule has 0 saturated heterocycles. The molecule has 0 spiro atoms. The summed E-state index contributed by atoms with van der Waals surface area (Å²) in [6.07, 6.45) is 96.5. The number of rotatable bonds is 65. The van der Waals surface area contributed by atoms with Gasteiger partial charge in [-0.3, -0.25) is 9.36 Å². The van der Waals surface area contributed by atoms with E-state index in [1.54, 1.807) is 6.08 Å². The van der Waals surface area contributed by atoms with Crippen LogP contribution in [0.3, 0.4) is 0 Å². The summed E-state index contributed by atoms with van der Waals surface area (Å²) in [5, 5.41) is 13.9. The third-order valence-electron chi connectivity index (χ3n) is 15.7. The Morgan fingerprint density at radius 1 is 0.424 bits per heavy atom. The van der Waals surface area contributed by atoms with Gasteiger partial charge in [-0.25, -0.2) is 0 Å². The molecule has 0 bridgehead atoms. The minimum Gasteiger partial charge on any atom is -0.756 e. The zero-order chi connectivity index (χ0) is 61.9. The van der Waals surface area contributed by atoms with Crippen LogP contribution >= 0.6 is 7.82 Å². The number of carbonyl (C=O) groups excluding carboxylic acids is 1. The molecule has 3 atom stereocenters. The highest BCUT2D eigenvalue weighted by atomic mass is 31.2. The van der Waals surface area contributed by atoms with E-state index >= 15 is 0 Å². The van der Waals surface area contributed by atoms with E-state index in [0.29, 0.717) is 17.4 Å². The third-order valence-corrected chi connectivity index (χ3v) is 16.7. The quantitative estimate of drug-likeness (QED) is 0.0272. The van der Waals surface area contributed by atoms with Crippen LogP contribution in [0, 0.1) is 0 Å². The summed E-state index contributed by atoms with van der Waals surface area (Å²) in [7, 11) is 1.23. The molecule has 0 radical (unpaired) electrons. The van der Waals surface area contributed by atoms with Crippen LogP contribution in [0.2, 0.25) is 0 Å². The van der Waals surface area contributed by atoms with Gasteiger partial charge in [-0.15, -0.1) is 0 Å². The lowest BCUT2D eigenvalue weighted by Gasteiger charge is -2.29. The molecule has 0 saturated carbocycles. The number of nitrogens with one attached hydrogen (secondary N) is 1. The summed E-state index contributed by atoms with van der Waals surface area (Å²) in [6.45, 7) is 4.53. The largest absolute Gasteiger partial charge is 0.756 e. The van der Waals surface area contributed by atoms with Crippen LogP contribution in [0.5, 0.6) is 0 Å². The summed E-state index contributed by atoms with van der Waals surface area (Å²) >= 11 is 0. The fourth-order valence-electron chi connectivity index (χ4n) is 10.2. The third kappa shape index (κ3) is 68.5. The molecule has 0 aromatic carbocycles. The molecule has 2 N–H and O–H groups in total. The van der Waals surface area contributed by atoms with Gasteiger partial charge in [-0.1, -0.05) is 322 Å². The highest BCUT2D eigenvalue weighted by Crippen LogP contribution is 2.38. The zero-order valence-corrected chi connectivity index (χ0v) is 57.2. The highest BCUT2D eigenvalue weighted by molar-refractivity contribution is 7.45. The Kier molecular flexibility index (Phi) is 63.4. The molecule has 3 unspecified atom stereocenters. The molecule has 0 aliphatic rings. The van der Waals surface area contributed by atoms with Crippen molar-refractivity contribution < 1.29 is 32.9 Å². The van der Waals surface area contributed by atoms with Gasteiger partial charge in [0.15, 0.2) is 0 Å². The number of aliphatic hydroxyl groups excluding tert-OH is 1. The SMILES string of the molecule is CC/C=C\C/C=C\C/C=C\C/C=C\C/C=C\C/C=C\CCCCCCCCCCCCCCC(=O)NC(COP(=O)([O-])OCC[N+](C)(C)C)C(O)/C=C/CC/C=C/CC/C=C/CCCCCCCCCCCCCCCCCCCCCCCC. The van der Waals surface area contributed by atoms with Crippen molar-refractivity contribution in [2.24, 2.45) is 0 Å². The Morgan fingerprint density at radius 2 is 0.729 bits per heavy atom. The molecule has 0 aromatic rings. The van der Waals surface area contributed by atoms with E-state index in [2.05, 4.69) is 116 Å². The fraction of sp³-hybridized carbons (Fsp3) is 0.750. The van der Waals surface area contributed by atoms with Gasteiger partial charge >= 0.3 is 0 Å². The Morgan fingerprint density at radius 3 is 1.09 bits per heavy atom. The number of aliphatic hydroxyl groups is 1. The minimum atomic E-state index is -4.62. The monoisotopic (exact) mass is 1210 g/mol. The van der Waals surface area contributed by atoms with Crippen molar-refractivity contribution in [3.63, 3.8) is 0 Å². The summed E-state index contributed by atoms with van der Waals surface area (Å²) in [4.78, 5) is 25.6. The molecule has 492 valence electrons. The van der Waals surface area contributed by atoms with Gasteiger partial charge in [0.1, 0.15) is 13.2 Å². The number of carbonyl (C=O) groups is 1. The number of unbranched alkanes of at least 4 members (excludes halogenated alkanes) is 36. The van der Waals surface area contributed by atoms with Crippen LogP contribution in [0.15, 0.2) is 109 Å². The number of hydrogen-bond acceptors (Lipinski definition) is 6. The molecule has 1 amide bonds. The predicted octanol–water partition coefficient (Wildman–Crippen LogP) is 22.4. The first kappa shape index (κ1) is 82.2. The Labute approximate surface area is 527 Å². The minimum absolute atomic E-state index is 0.0138. The predicted molar refractivity (Wildman–Crippen MR) is 371 cm³/mol. The molecule has 0 aliphatic heterocycles. The number of phosphoric acid groups is 1. The van der Waals surface area contributed by atoms with Crippen molar-refractivity contribution in [2.45, 2.75) is 328 Å². The second-order valence-electron chi connectivity index (χ2n) is 25.2. The maximum absolute atomic E-state index is 13.0. The molecule has 0 aliphatic carbocycles. The first-order chi connectivity index (χ1) is 41.5. The second-order valence-corrected chi connectivity index (χ2v) is 26.6. The lowest BCUT2D eigenvalue weighted by atomic mass is 10.0. The molecule has 85 heavy (non-hydrogen) atoms. The second kappa shape index (κ2) is 65.6. The Balaban J connectivity index is 4.15. The summed E-state index contributed by atoms with van der Waals surface area (Å²) < 4.78 is 23.4. The van der Waals surface area contributed by atoms with Crippen LogP contribution in [0.1, 0.15) is 316 Å². The van der Waals surface area contributed by atoms with Crippen LogP contribution < -0.4 is 10.2 Å². The van der Waals surface area contributed by atoms with Gasteiger partial charge in [0, 0.05) is 6.42 Å². The van der Waals surface area contributed by atoms with Crippen molar-refractivity contribution in [1.82, 2.24) is 5.32 Å². The topological polar surface area (TPSA) is 108 Å². The normalized spacial score (nSPS) is 14.3. The maximum Gasteiger partial charge on any atom is 0.268 e. The van der Waals surface area contributed by atoms with E-state index in [0.717, 1.165) is 83.5 Å². The first-order valence-corrected chi connectivity index (χ1v) is 37.2. The van der Waals surface area contributed by atoms with Crippen LogP contribution in [0.25, 0.3) is 0 Å². The zero-order valence-electron chi connectivity index (χ0n) is 56.3. The highest BCUT2D eigenvalue weighted by Gasteiger charge is 2.23. The summed E-state index contributed by atoms with van der Waals surface area (Å²) in [5.74, 6) is -0.215. The van der Waals surface area contributed by atoms with Crippen LogP contribution in [-0.4, -0.2) is 68.5 Å². The Bertz CT molecular complexity index is 1760. The van der Waals surface area contributed by atoms with E-state index in [4.69, 9.17) is 9.05 Å². The molecule has 0 heterocycles. The van der Waals surface area contributed by atoms with Crippen molar-refractivity contribution in [3.8, 4) is 0 Å². The van der Waals surface area contributed by atoms with Gasteiger partial charge in [-0.2, -0.15) is 0 Å². The molecule has 9 heteroatoms. The summed E-state index contributed by atoms with van der Waals surface area (Å²) in [5.41, 5.74) is 0. The van der Waals surface area contributed by atoms with E-state index in [9.17, 15) is 19.4 Å². The average molecular weight is 1210 g/mol. The number of allylic oxidation sites excluding steroid dienone is 17.